The number of aryl methyl sites for hydroxylation is 1. The highest BCUT2D eigenvalue weighted by Crippen LogP contribution is 2.24. The quantitative estimate of drug-likeness (QED) is 0.819. The van der Waals surface area contributed by atoms with Gasteiger partial charge >= 0.3 is 0 Å². The Labute approximate surface area is 106 Å². The molecular formula is C15H26N2. The summed E-state index contributed by atoms with van der Waals surface area (Å²) >= 11 is 0. The van der Waals surface area contributed by atoms with Gasteiger partial charge in [-0.3, -0.25) is 0 Å². The molecule has 0 aliphatic rings. The Hall–Kier alpha value is -1.02. The fourth-order valence-electron chi connectivity index (χ4n) is 2.05. The molecular weight excluding hydrogens is 208 g/mol. The summed E-state index contributed by atoms with van der Waals surface area (Å²) in [6.07, 6.45) is 3.37. The van der Waals surface area contributed by atoms with Gasteiger partial charge in [-0.05, 0) is 50.9 Å². The summed E-state index contributed by atoms with van der Waals surface area (Å²) in [5.41, 5.74) is 8.46. The minimum atomic E-state index is 0.112. The molecule has 0 unspecified atom stereocenters. The molecule has 0 aliphatic heterocycles. The lowest BCUT2D eigenvalue weighted by Gasteiger charge is -2.37. The summed E-state index contributed by atoms with van der Waals surface area (Å²) in [6.45, 7) is 7.41. The van der Waals surface area contributed by atoms with Crippen LogP contribution in [-0.4, -0.2) is 19.1 Å². The first-order valence-corrected chi connectivity index (χ1v) is 6.54. The smallest absolute Gasteiger partial charge is 0.0368 e. The van der Waals surface area contributed by atoms with Gasteiger partial charge in [0.25, 0.3) is 0 Å². The number of nitrogens with two attached hydrogens (primary N) is 1. The van der Waals surface area contributed by atoms with Crippen LogP contribution in [0.4, 0.5) is 5.69 Å². The van der Waals surface area contributed by atoms with Crippen LogP contribution in [0.15, 0.2) is 24.3 Å². The second kappa shape index (κ2) is 6.06. The van der Waals surface area contributed by atoms with Gasteiger partial charge in [0.1, 0.15) is 0 Å². The van der Waals surface area contributed by atoms with Crippen LogP contribution in [0.1, 0.15) is 39.2 Å². The highest BCUT2D eigenvalue weighted by Gasteiger charge is 2.22. The Balaban J connectivity index is 2.78. The summed E-state index contributed by atoms with van der Waals surface area (Å²) in [7, 11) is 2.14. The second-order valence-corrected chi connectivity index (χ2v) is 5.33. The standard InChI is InChI=1S/C15H26N2/c1-5-6-13-7-9-14(10-8-13)17(4)15(2,3)11-12-16/h7-10H,5-6,11-12,16H2,1-4H3. The molecule has 1 aromatic carbocycles. The summed E-state index contributed by atoms with van der Waals surface area (Å²) in [5, 5.41) is 0. The second-order valence-electron chi connectivity index (χ2n) is 5.33. The number of benzene rings is 1. The summed E-state index contributed by atoms with van der Waals surface area (Å²) in [4.78, 5) is 2.32. The van der Waals surface area contributed by atoms with Gasteiger partial charge in [0, 0.05) is 18.3 Å². The molecule has 0 spiro atoms. The van der Waals surface area contributed by atoms with Crippen molar-refractivity contribution in [1.82, 2.24) is 0 Å². The Kier molecular flexibility index (Phi) is 5.01. The van der Waals surface area contributed by atoms with Gasteiger partial charge in [0.05, 0.1) is 0 Å². The molecule has 0 aliphatic carbocycles. The maximum Gasteiger partial charge on any atom is 0.0368 e. The van der Waals surface area contributed by atoms with Crippen LogP contribution >= 0.6 is 0 Å². The van der Waals surface area contributed by atoms with Crippen molar-refractivity contribution in [2.24, 2.45) is 5.73 Å². The predicted molar refractivity (Wildman–Crippen MR) is 76.6 cm³/mol. The lowest BCUT2D eigenvalue weighted by molar-refractivity contribution is 0.456. The van der Waals surface area contributed by atoms with E-state index in [1.54, 1.807) is 0 Å². The molecule has 1 aromatic rings. The van der Waals surface area contributed by atoms with E-state index in [1.165, 1.54) is 17.7 Å². The molecule has 0 saturated carbocycles. The third kappa shape index (κ3) is 3.74. The summed E-state index contributed by atoms with van der Waals surface area (Å²) in [6, 6.07) is 8.88. The largest absolute Gasteiger partial charge is 0.369 e. The minimum Gasteiger partial charge on any atom is -0.369 e. The van der Waals surface area contributed by atoms with Gasteiger partial charge in [-0.15, -0.1) is 0 Å². The van der Waals surface area contributed by atoms with Crippen molar-refractivity contribution in [3.8, 4) is 0 Å². The van der Waals surface area contributed by atoms with Crippen molar-refractivity contribution in [3.63, 3.8) is 0 Å². The molecule has 0 amide bonds. The molecule has 0 saturated heterocycles. The summed E-state index contributed by atoms with van der Waals surface area (Å²) in [5.74, 6) is 0. The average Bonchev–Trinajstić information content (AvgIpc) is 2.29. The van der Waals surface area contributed by atoms with Crippen LogP contribution < -0.4 is 10.6 Å². The SMILES string of the molecule is CCCc1ccc(N(C)C(C)(C)CCN)cc1. The first-order chi connectivity index (χ1) is 8.01. The number of hydrogen-bond acceptors (Lipinski definition) is 2. The number of nitrogens with zero attached hydrogens (tertiary/aromatic N) is 1. The van der Waals surface area contributed by atoms with Crippen LogP contribution in [0.25, 0.3) is 0 Å². The molecule has 96 valence electrons. The Morgan fingerprint density at radius 2 is 1.76 bits per heavy atom. The van der Waals surface area contributed by atoms with E-state index >= 15 is 0 Å². The first-order valence-electron chi connectivity index (χ1n) is 6.54. The molecule has 0 bridgehead atoms. The Bertz CT molecular complexity index is 327. The van der Waals surface area contributed by atoms with Crippen molar-refractivity contribution >= 4 is 5.69 Å². The molecule has 2 N–H and O–H groups in total. The first kappa shape index (κ1) is 14.0. The molecule has 0 aromatic heterocycles. The molecule has 17 heavy (non-hydrogen) atoms. The molecule has 1 rings (SSSR count). The fourth-order valence-corrected chi connectivity index (χ4v) is 2.05. The predicted octanol–water partition coefficient (Wildman–Crippen LogP) is 3.20. The van der Waals surface area contributed by atoms with E-state index in [9.17, 15) is 0 Å². The Morgan fingerprint density at radius 3 is 2.24 bits per heavy atom. The van der Waals surface area contributed by atoms with Crippen LogP contribution in [0.2, 0.25) is 0 Å². The number of rotatable bonds is 6. The van der Waals surface area contributed by atoms with Gasteiger partial charge in [-0.2, -0.15) is 0 Å². The topological polar surface area (TPSA) is 29.3 Å². The van der Waals surface area contributed by atoms with Crippen molar-refractivity contribution < 1.29 is 0 Å². The minimum absolute atomic E-state index is 0.112. The van der Waals surface area contributed by atoms with Gasteiger partial charge in [-0.1, -0.05) is 25.5 Å². The highest BCUT2D eigenvalue weighted by atomic mass is 15.2. The van der Waals surface area contributed by atoms with Crippen molar-refractivity contribution in [1.29, 1.82) is 0 Å². The van der Waals surface area contributed by atoms with E-state index in [-0.39, 0.29) is 5.54 Å². The zero-order valence-corrected chi connectivity index (χ0v) is 11.7. The third-order valence-electron chi connectivity index (χ3n) is 3.53. The number of hydrogen-bond donors (Lipinski definition) is 1. The molecule has 0 fully saturated rings. The van der Waals surface area contributed by atoms with E-state index in [0.29, 0.717) is 0 Å². The van der Waals surface area contributed by atoms with Crippen LogP contribution in [0.5, 0.6) is 0 Å². The van der Waals surface area contributed by atoms with E-state index in [2.05, 4.69) is 57.0 Å². The summed E-state index contributed by atoms with van der Waals surface area (Å²) < 4.78 is 0. The molecule has 0 radical (unpaired) electrons. The van der Waals surface area contributed by atoms with Crippen LogP contribution in [0, 0.1) is 0 Å². The maximum absolute atomic E-state index is 5.67. The van der Waals surface area contributed by atoms with Crippen molar-refractivity contribution in [2.45, 2.75) is 45.6 Å². The van der Waals surface area contributed by atoms with Gasteiger partial charge in [0.15, 0.2) is 0 Å². The number of anilines is 1. The zero-order valence-electron chi connectivity index (χ0n) is 11.7. The van der Waals surface area contributed by atoms with Crippen LogP contribution in [0.3, 0.4) is 0 Å². The van der Waals surface area contributed by atoms with Gasteiger partial charge < -0.3 is 10.6 Å². The lowest BCUT2D eigenvalue weighted by Crippen LogP contribution is -2.42. The van der Waals surface area contributed by atoms with Crippen molar-refractivity contribution in [3.05, 3.63) is 29.8 Å². The Morgan fingerprint density at radius 1 is 1.18 bits per heavy atom. The van der Waals surface area contributed by atoms with Gasteiger partial charge in [-0.25, -0.2) is 0 Å². The van der Waals surface area contributed by atoms with E-state index in [4.69, 9.17) is 5.73 Å². The monoisotopic (exact) mass is 234 g/mol. The molecule has 2 nitrogen and oxygen atoms in total. The molecule has 2 heteroatoms. The molecule has 0 atom stereocenters. The normalized spacial score (nSPS) is 11.6. The fraction of sp³-hybridized carbons (Fsp3) is 0.600. The average molecular weight is 234 g/mol. The van der Waals surface area contributed by atoms with Gasteiger partial charge in [0.2, 0.25) is 0 Å². The van der Waals surface area contributed by atoms with Crippen molar-refractivity contribution in [2.75, 3.05) is 18.5 Å². The lowest BCUT2D eigenvalue weighted by atomic mass is 9.97. The van der Waals surface area contributed by atoms with E-state index < -0.39 is 0 Å². The third-order valence-corrected chi connectivity index (χ3v) is 3.53. The molecule has 0 heterocycles. The highest BCUT2D eigenvalue weighted by molar-refractivity contribution is 5.49. The van der Waals surface area contributed by atoms with E-state index in [0.717, 1.165) is 19.4 Å². The van der Waals surface area contributed by atoms with Crippen LogP contribution in [-0.2, 0) is 6.42 Å². The van der Waals surface area contributed by atoms with E-state index in [1.807, 2.05) is 0 Å². The maximum atomic E-state index is 5.67. The zero-order chi connectivity index (χ0) is 12.9.